The molecule has 3 nitrogen and oxygen atoms in total. The molecule has 1 rings (SSSR count). The highest BCUT2D eigenvalue weighted by Crippen LogP contribution is 2.22. The number of nitrogens with zero attached hydrogens (tertiary/aromatic N) is 1. The van der Waals surface area contributed by atoms with E-state index < -0.39 is 0 Å². The van der Waals surface area contributed by atoms with Gasteiger partial charge in [-0.05, 0) is 63.2 Å². The Labute approximate surface area is 138 Å². The van der Waals surface area contributed by atoms with Crippen LogP contribution in [0.4, 0.5) is 0 Å². The second-order valence-corrected chi connectivity index (χ2v) is 6.26. The SMILES string of the molecule is CCN(CC)CCCC(C)NCc1cc(OC)ccc1Br. The van der Waals surface area contributed by atoms with E-state index in [0.717, 1.165) is 29.9 Å². The Morgan fingerprint density at radius 1 is 1.29 bits per heavy atom. The zero-order valence-electron chi connectivity index (χ0n) is 13.8. The fourth-order valence-corrected chi connectivity index (χ4v) is 2.75. The topological polar surface area (TPSA) is 24.5 Å². The van der Waals surface area contributed by atoms with Crippen molar-refractivity contribution in [1.29, 1.82) is 0 Å². The Balaban J connectivity index is 2.34. The van der Waals surface area contributed by atoms with Crippen molar-refractivity contribution in [2.45, 2.75) is 46.2 Å². The van der Waals surface area contributed by atoms with E-state index in [1.165, 1.54) is 24.9 Å². The Morgan fingerprint density at radius 2 is 2.00 bits per heavy atom. The highest BCUT2D eigenvalue weighted by Gasteiger charge is 2.06. The molecule has 1 aromatic carbocycles. The molecule has 4 heteroatoms. The van der Waals surface area contributed by atoms with Gasteiger partial charge < -0.3 is 15.0 Å². The lowest BCUT2D eigenvalue weighted by Gasteiger charge is -2.20. The van der Waals surface area contributed by atoms with E-state index in [2.05, 4.69) is 53.0 Å². The van der Waals surface area contributed by atoms with Crippen LogP contribution >= 0.6 is 15.9 Å². The Bertz CT molecular complexity index is 408. The van der Waals surface area contributed by atoms with Gasteiger partial charge in [-0.2, -0.15) is 0 Å². The lowest BCUT2D eigenvalue weighted by Crippen LogP contribution is -2.28. The van der Waals surface area contributed by atoms with Crippen LogP contribution < -0.4 is 10.1 Å². The molecule has 21 heavy (non-hydrogen) atoms. The van der Waals surface area contributed by atoms with E-state index in [1.54, 1.807) is 7.11 Å². The molecule has 0 spiro atoms. The first-order chi connectivity index (χ1) is 10.1. The molecule has 0 fully saturated rings. The molecule has 1 aromatic rings. The molecular weight excluding hydrogens is 328 g/mol. The predicted octanol–water partition coefficient (Wildman–Crippen LogP) is 4.06. The first-order valence-electron chi connectivity index (χ1n) is 7.88. The zero-order chi connectivity index (χ0) is 15.7. The van der Waals surface area contributed by atoms with Crippen LogP contribution in [-0.2, 0) is 6.54 Å². The van der Waals surface area contributed by atoms with Gasteiger partial charge in [0, 0.05) is 17.1 Å². The van der Waals surface area contributed by atoms with Gasteiger partial charge in [0.15, 0.2) is 0 Å². The summed E-state index contributed by atoms with van der Waals surface area (Å²) in [5.74, 6) is 0.907. The molecule has 1 unspecified atom stereocenters. The summed E-state index contributed by atoms with van der Waals surface area (Å²) in [6, 6.07) is 6.63. The monoisotopic (exact) mass is 356 g/mol. The van der Waals surface area contributed by atoms with Crippen LogP contribution in [0.3, 0.4) is 0 Å². The molecule has 0 bridgehead atoms. The van der Waals surface area contributed by atoms with E-state index >= 15 is 0 Å². The molecule has 0 aromatic heterocycles. The van der Waals surface area contributed by atoms with Crippen molar-refractivity contribution in [3.05, 3.63) is 28.2 Å². The van der Waals surface area contributed by atoms with Crippen LogP contribution in [0.2, 0.25) is 0 Å². The minimum absolute atomic E-state index is 0.527. The second-order valence-electron chi connectivity index (χ2n) is 5.41. The van der Waals surface area contributed by atoms with Crippen molar-refractivity contribution >= 4 is 15.9 Å². The van der Waals surface area contributed by atoms with Crippen molar-refractivity contribution < 1.29 is 4.74 Å². The molecule has 0 saturated heterocycles. The quantitative estimate of drug-likeness (QED) is 0.684. The standard InChI is InChI=1S/C17H29BrN2O/c1-5-20(6-2)11-7-8-14(3)19-13-15-12-16(21-4)9-10-17(15)18/h9-10,12,14,19H,5-8,11,13H2,1-4H3. The molecule has 120 valence electrons. The highest BCUT2D eigenvalue weighted by atomic mass is 79.9. The molecule has 0 amide bonds. The largest absolute Gasteiger partial charge is 0.497 e. The molecule has 0 aliphatic heterocycles. The summed E-state index contributed by atoms with van der Waals surface area (Å²) in [7, 11) is 1.70. The summed E-state index contributed by atoms with van der Waals surface area (Å²) in [6.45, 7) is 11.1. The van der Waals surface area contributed by atoms with Crippen molar-refractivity contribution in [3.8, 4) is 5.75 Å². The first-order valence-corrected chi connectivity index (χ1v) is 8.68. The minimum atomic E-state index is 0.527. The Morgan fingerprint density at radius 3 is 2.62 bits per heavy atom. The maximum Gasteiger partial charge on any atom is 0.119 e. The van der Waals surface area contributed by atoms with Gasteiger partial charge in [-0.1, -0.05) is 29.8 Å². The zero-order valence-corrected chi connectivity index (χ0v) is 15.4. The summed E-state index contributed by atoms with van der Waals surface area (Å²) < 4.78 is 6.41. The average Bonchev–Trinajstić information content (AvgIpc) is 2.50. The molecule has 0 saturated carbocycles. The molecule has 0 heterocycles. The fourth-order valence-electron chi connectivity index (χ4n) is 2.36. The highest BCUT2D eigenvalue weighted by molar-refractivity contribution is 9.10. The van der Waals surface area contributed by atoms with E-state index in [-0.39, 0.29) is 0 Å². The summed E-state index contributed by atoms with van der Waals surface area (Å²) in [6.07, 6.45) is 2.45. The maximum atomic E-state index is 5.28. The number of ether oxygens (including phenoxy) is 1. The van der Waals surface area contributed by atoms with Gasteiger partial charge in [0.25, 0.3) is 0 Å². The molecule has 1 atom stereocenters. The third kappa shape index (κ3) is 6.81. The number of methoxy groups -OCH3 is 1. The minimum Gasteiger partial charge on any atom is -0.497 e. The van der Waals surface area contributed by atoms with Crippen molar-refractivity contribution in [3.63, 3.8) is 0 Å². The van der Waals surface area contributed by atoms with Gasteiger partial charge >= 0.3 is 0 Å². The molecular formula is C17H29BrN2O. The number of hydrogen-bond donors (Lipinski definition) is 1. The summed E-state index contributed by atoms with van der Waals surface area (Å²) >= 11 is 3.60. The maximum absolute atomic E-state index is 5.28. The van der Waals surface area contributed by atoms with Gasteiger partial charge in [0.1, 0.15) is 5.75 Å². The van der Waals surface area contributed by atoms with Crippen LogP contribution in [0, 0.1) is 0 Å². The van der Waals surface area contributed by atoms with Gasteiger partial charge in [-0.3, -0.25) is 0 Å². The van der Waals surface area contributed by atoms with Crippen LogP contribution in [0.1, 0.15) is 39.2 Å². The normalized spacial score (nSPS) is 12.7. The third-order valence-corrected chi connectivity index (χ3v) is 4.67. The summed E-state index contributed by atoms with van der Waals surface area (Å²) in [5, 5.41) is 3.60. The molecule has 0 aliphatic rings. The third-order valence-electron chi connectivity index (χ3n) is 3.90. The molecule has 0 radical (unpaired) electrons. The lowest BCUT2D eigenvalue weighted by atomic mass is 10.1. The van der Waals surface area contributed by atoms with E-state index in [4.69, 9.17) is 4.74 Å². The number of halogens is 1. The van der Waals surface area contributed by atoms with E-state index in [0.29, 0.717) is 6.04 Å². The van der Waals surface area contributed by atoms with E-state index in [1.807, 2.05) is 12.1 Å². The summed E-state index contributed by atoms with van der Waals surface area (Å²) in [5.41, 5.74) is 1.24. The molecule has 0 aliphatic carbocycles. The van der Waals surface area contributed by atoms with Gasteiger partial charge in [0.05, 0.1) is 7.11 Å². The average molecular weight is 357 g/mol. The number of benzene rings is 1. The van der Waals surface area contributed by atoms with Gasteiger partial charge in [-0.25, -0.2) is 0 Å². The van der Waals surface area contributed by atoms with Gasteiger partial charge in [-0.15, -0.1) is 0 Å². The summed E-state index contributed by atoms with van der Waals surface area (Å²) in [4.78, 5) is 2.48. The predicted molar refractivity (Wildman–Crippen MR) is 94.0 cm³/mol. The van der Waals surface area contributed by atoms with Crippen molar-refractivity contribution in [2.75, 3.05) is 26.7 Å². The van der Waals surface area contributed by atoms with E-state index in [9.17, 15) is 0 Å². The Hall–Kier alpha value is -0.580. The van der Waals surface area contributed by atoms with Crippen LogP contribution in [0.25, 0.3) is 0 Å². The fraction of sp³-hybridized carbons (Fsp3) is 0.647. The Kier molecular flexibility index (Phi) is 8.97. The van der Waals surface area contributed by atoms with Crippen molar-refractivity contribution in [2.24, 2.45) is 0 Å². The second kappa shape index (κ2) is 10.2. The van der Waals surface area contributed by atoms with Crippen LogP contribution in [-0.4, -0.2) is 37.7 Å². The van der Waals surface area contributed by atoms with Crippen LogP contribution in [0.5, 0.6) is 5.75 Å². The number of hydrogen-bond acceptors (Lipinski definition) is 3. The molecule has 1 N–H and O–H groups in total. The number of rotatable bonds is 10. The smallest absolute Gasteiger partial charge is 0.119 e. The number of nitrogens with one attached hydrogen (secondary N) is 1. The van der Waals surface area contributed by atoms with Gasteiger partial charge in [0.2, 0.25) is 0 Å². The van der Waals surface area contributed by atoms with Crippen LogP contribution in [0.15, 0.2) is 22.7 Å². The lowest BCUT2D eigenvalue weighted by molar-refractivity contribution is 0.290. The first kappa shape index (κ1) is 18.5. The van der Waals surface area contributed by atoms with Crippen molar-refractivity contribution in [1.82, 2.24) is 10.2 Å².